The number of anilines is 1. The van der Waals surface area contributed by atoms with E-state index in [0.29, 0.717) is 37.7 Å². The Morgan fingerprint density at radius 1 is 0.793 bits per heavy atom. The molecule has 0 bridgehead atoms. The van der Waals surface area contributed by atoms with E-state index in [4.69, 9.17) is 4.74 Å². The Labute approximate surface area is 170 Å². The number of ether oxygens (including phenoxy) is 1. The maximum atomic E-state index is 13.0. The van der Waals surface area contributed by atoms with Crippen molar-refractivity contribution < 1.29 is 13.2 Å². The summed E-state index contributed by atoms with van der Waals surface area (Å²) in [5.41, 5.74) is 0.856. The fourth-order valence-corrected chi connectivity index (χ4v) is 4.59. The van der Waals surface area contributed by atoms with Crippen molar-refractivity contribution in [1.29, 1.82) is 0 Å². The summed E-state index contributed by atoms with van der Waals surface area (Å²) >= 11 is 0. The van der Waals surface area contributed by atoms with E-state index in [1.54, 1.807) is 24.3 Å². The average molecular weight is 410 g/mol. The Hall–Kier alpha value is -2.97. The molecule has 1 aliphatic rings. The number of nitrogens with zero attached hydrogens (tertiary/aromatic N) is 4. The number of hydrogen-bond donors (Lipinski definition) is 0. The van der Waals surface area contributed by atoms with Crippen LogP contribution in [0.2, 0.25) is 0 Å². The molecule has 0 spiro atoms. The van der Waals surface area contributed by atoms with Crippen LogP contribution in [0.4, 0.5) is 5.82 Å². The molecule has 4 rings (SSSR count). The van der Waals surface area contributed by atoms with Crippen LogP contribution in [0, 0.1) is 6.92 Å². The Balaban J connectivity index is 1.41. The lowest BCUT2D eigenvalue weighted by Crippen LogP contribution is -2.49. The summed E-state index contributed by atoms with van der Waals surface area (Å²) in [4.78, 5) is 2.32. The van der Waals surface area contributed by atoms with Crippen LogP contribution in [-0.4, -0.2) is 49.1 Å². The molecule has 0 atom stereocenters. The second-order valence-corrected chi connectivity index (χ2v) is 8.75. The highest BCUT2D eigenvalue weighted by atomic mass is 32.2. The van der Waals surface area contributed by atoms with Crippen molar-refractivity contribution in [1.82, 2.24) is 14.5 Å². The summed E-state index contributed by atoms with van der Waals surface area (Å²) in [6.45, 7) is 3.84. The van der Waals surface area contributed by atoms with Gasteiger partial charge in [-0.2, -0.15) is 9.40 Å². The molecular formula is C21H22N4O3S. The van der Waals surface area contributed by atoms with E-state index in [1.807, 2.05) is 49.4 Å². The number of rotatable bonds is 5. The first-order valence-electron chi connectivity index (χ1n) is 9.41. The molecular weight excluding hydrogens is 388 g/mol. The van der Waals surface area contributed by atoms with Gasteiger partial charge in [0.2, 0.25) is 10.0 Å². The average Bonchev–Trinajstić information content (AvgIpc) is 2.75. The van der Waals surface area contributed by atoms with E-state index in [9.17, 15) is 8.42 Å². The van der Waals surface area contributed by atoms with E-state index in [2.05, 4.69) is 15.1 Å². The Morgan fingerprint density at radius 2 is 1.45 bits per heavy atom. The monoisotopic (exact) mass is 410 g/mol. The van der Waals surface area contributed by atoms with Gasteiger partial charge in [-0.25, -0.2) is 8.42 Å². The fraction of sp³-hybridized carbons (Fsp3) is 0.238. The zero-order valence-electron chi connectivity index (χ0n) is 16.1. The number of aryl methyl sites for hydroxylation is 1. The van der Waals surface area contributed by atoms with Gasteiger partial charge >= 0.3 is 0 Å². The number of sulfonamides is 1. The quantitative estimate of drug-likeness (QED) is 0.643. The first kappa shape index (κ1) is 19.4. The van der Waals surface area contributed by atoms with Crippen LogP contribution in [0.15, 0.2) is 71.6 Å². The molecule has 0 saturated carbocycles. The minimum Gasteiger partial charge on any atom is -0.457 e. The summed E-state index contributed by atoms with van der Waals surface area (Å²) < 4.78 is 33.2. The molecule has 0 unspecified atom stereocenters. The van der Waals surface area contributed by atoms with Gasteiger partial charge in [-0.3, -0.25) is 0 Å². The van der Waals surface area contributed by atoms with E-state index in [-0.39, 0.29) is 4.90 Å². The first-order chi connectivity index (χ1) is 14.0. The number of benzene rings is 2. The highest BCUT2D eigenvalue weighted by molar-refractivity contribution is 7.89. The van der Waals surface area contributed by atoms with Gasteiger partial charge in [0.05, 0.1) is 10.6 Å². The number of aromatic nitrogens is 2. The van der Waals surface area contributed by atoms with Crippen molar-refractivity contribution >= 4 is 15.8 Å². The molecule has 0 radical (unpaired) electrons. The Bertz CT molecular complexity index is 1050. The molecule has 0 amide bonds. The molecule has 0 N–H and O–H groups in total. The molecule has 29 heavy (non-hydrogen) atoms. The zero-order valence-corrected chi connectivity index (χ0v) is 16.9. The van der Waals surface area contributed by atoms with Gasteiger partial charge in [0, 0.05) is 26.2 Å². The largest absolute Gasteiger partial charge is 0.457 e. The lowest BCUT2D eigenvalue weighted by Gasteiger charge is -2.34. The van der Waals surface area contributed by atoms with Crippen LogP contribution in [-0.2, 0) is 10.0 Å². The topological polar surface area (TPSA) is 75.6 Å². The van der Waals surface area contributed by atoms with Gasteiger partial charge in [0.15, 0.2) is 5.82 Å². The van der Waals surface area contributed by atoms with Crippen LogP contribution in [0.25, 0.3) is 0 Å². The van der Waals surface area contributed by atoms with Gasteiger partial charge in [0.25, 0.3) is 0 Å². The summed E-state index contributed by atoms with van der Waals surface area (Å²) in [5, 5.41) is 8.26. The van der Waals surface area contributed by atoms with Crippen LogP contribution >= 0.6 is 0 Å². The third-order valence-electron chi connectivity index (χ3n) is 4.79. The Kier molecular flexibility index (Phi) is 5.46. The predicted molar refractivity (Wildman–Crippen MR) is 111 cm³/mol. The number of para-hydroxylation sites is 1. The van der Waals surface area contributed by atoms with Gasteiger partial charge in [0.1, 0.15) is 11.5 Å². The SMILES string of the molecule is Cc1ccc(N2CCN(S(=O)(=O)c3ccc(Oc4ccccc4)cc3)CC2)nn1. The predicted octanol–water partition coefficient (Wildman–Crippen LogP) is 3.09. The van der Waals surface area contributed by atoms with Crippen molar-refractivity contribution in [2.24, 2.45) is 0 Å². The smallest absolute Gasteiger partial charge is 0.243 e. The lowest BCUT2D eigenvalue weighted by atomic mass is 10.3. The van der Waals surface area contributed by atoms with Crippen molar-refractivity contribution in [3.8, 4) is 11.5 Å². The standard InChI is InChI=1S/C21H22N4O3S/c1-17-7-12-21(23-22-17)24-13-15-25(16-14-24)29(26,27)20-10-8-19(9-11-20)28-18-5-3-2-4-6-18/h2-12H,13-16H2,1H3. The van der Waals surface area contributed by atoms with Gasteiger partial charge in [-0.05, 0) is 55.5 Å². The summed E-state index contributed by atoms with van der Waals surface area (Å²) in [6, 6.07) is 19.7. The third kappa shape index (κ3) is 4.38. The molecule has 0 aliphatic carbocycles. The molecule has 2 heterocycles. The molecule has 1 fully saturated rings. The van der Waals surface area contributed by atoms with E-state index >= 15 is 0 Å². The minimum absolute atomic E-state index is 0.265. The summed E-state index contributed by atoms with van der Waals surface area (Å²) in [6.07, 6.45) is 0. The van der Waals surface area contributed by atoms with E-state index < -0.39 is 10.0 Å². The zero-order chi connectivity index (χ0) is 20.3. The molecule has 3 aromatic rings. The van der Waals surface area contributed by atoms with Crippen molar-refractivity contribution in [3.63, 3.8) is 0 Å². The maximum Gasteiger partial charge on any atom is 0.243 e. The van der Waals surface area contributed by atoms with Crippen LogP contribution < -0.4 is 9.64 Å². The number of hydrogen-bond acceptors (Lipinski definition) is 6. The molecule has 7 nitrogen and oxygen atoms in total. The van der Waals surface area contributed by atoms with E-state index in [0.717, 1.165) is 11.5 Å². The molecule has 1 aliphatic heterocycles. The first-order valence-corrected chi connectivity index (χ1v) is 10.8. The van der Waals surface area contributed by atoms with Crippen LogP contribution in [0.3, 0.4) is 0 Å². The van der Waals surface area contributed by atoms with Gasteiger partial charge in [-0.1, -0.05) is 18.2 Å². The van der Waals surface area contributed by atoms with Crippen molar-refractivity contribution in [3.05, 3.63) is 72.4 Å². The molecule has 150 valence electrons. The third-order valence-corrected chi connectivity index (χ3v) is 6.70. The normalized spacial score (nSPS) is 15.3. The summed E-state index contributed by atoms with van der Waals surface area (Å²) in [5.74, 6) is 2.08. The highest BCUT2D eigenvalue weighted by Gasteiger charge is 2.29. The molecule has 1 aromatic heterocycles. The second kappa shape index (κ2) is 8.18. The fourth-order valence-electron chi connectivity index (χ4n) is 3.17. The van der Waals surface area contributed by atoms with Gasteiger partial charge < -0.3 is 9.64 Å². The van der Waals surface area contributed by atoms with Crippen LogP contribution in [0.1, 0.15) is 5.69 Å². The van der Waals surface area contributed by atoms with Gasteiger partial charge in [-0.15, -0.1) is 5.10 Å². The second-order valence-electron chi connectivity index (χ2n) is 6.81. The maximum absolute atomic E-state index is 13.0. The number of piperazine rings is 1. The van der Waals surface area contributed by atoms with Crippen LogP contribution in [0.5, 0.6) is 11.5 Å². The lowest BCUT2D eigenvalue weighted by molar-refractivity contribution is 0.383. The molecule has 8 heteroatoms. The minimum atomic E-state index is -3.55. The van der Waals surface area contributed by atoms with Crippen molar-refractivity contribution in [2.45, 2.75) is 11.8 Å². The Morgan fingerprint density at radius 3 is 2.07 bits per heavy atom. The molecule has 2 aromatic carbocycles. The highest BCUT2D eigenvalue weighted by Crippen LogP contribution is 2.25. The molecule has 1 saturated heterocycles. The summed E-state index contributed by atoms with van der Waals surface area (Å²) in [7, 11) is -3.55. The van der Waals surface area contributed by atoms with Crippen molar-refractivity contribution in [2.75, 3.05) is 31.1 Å². The van der Waals surface area contributed by atoms with E-state index in [1.165, 1.54) is 4.31 Å².